The van der Waals surface area contributed by atoms with Crippen molar-refractivity contribution in [2.75, 3.05) is 6.61 Å². The molecule has 0 bridgehead atoms. The predicted octanol–water partition coefficient (Wildman–Crippen LogP) is 3.24. The Morgan fingerprint density at radius 3 is 2.16 bits per heavy atom. The number of unbranched alkanes of at least 4 members (excludes halogenated alkanes) is 2. The Morgan fingerprint density at radius 1 is 1.16 bits per heavy atom. The topological polar surface area (TPSA) is 83.8 Å². The van der Waals surface area contributed by atoms with Gasteiger partial charge in [0, 0.05) is 0 Å². The van der Waals surface area contributed by atoms with E-state index in [2.05, 4.69) is 0 Å². The maximum Gasteiger partial charge on any atom is 0.332 e. The van der Waals surface area contributed by atoms with E-state index in [1.807, 2.05) is 13.8 Å². The summed E-state index contributed by atoms with van der Waals surface area (Å²) >= 11 is 0. The minimum absolute atomic E-state index is 0.197. The summed E-state index contributed by atoms with van der Waals surface area (Å²) in [5.41, 5.74) is 0. The molecular formula is C13H27O5P. The Bertz CT molecular complexity index is 312. The first kappa shape index (κ1) is 18.6. The van der Waals surface area contributed by atoms with E-state index in [-0.39, 0.29) is 12.8 Å². The lowest BCUT2D eigenvalue weighted by Gasteiger charge is -2.32. The van der Waals surface area contributed by atoms with E-state index >= 15 is 0 Å². The highest BCUT2D eigenvalue weighted by Gasteiger charge is 2.46. The molecule has 6 heteroatoms. The summed E-state index contributed by atoms with van der Waals surface area (Å²) in [4.78, 5) is 30.9. The van der Waals surface area contributed by atoms with Gasteiger partial charge in [-0.25, -0.2) is 0 Å². The third-order valence-corrected chi connectivity index (χ3v) is 5.44. The maximum absolute atomic E-state index is 11.7. The van der Waals surface area contributed by atoms with Crippen LogP contribution in [0.3, 0.4) is 0 Å². The van der Waals surface area contributed by atoms with Crippen molar-refractivity contribution < 1.29 is 23.9 Å². The smallest absolute Gasteiger partial charge is 0.332 e. The molecule has 114 valence electrons. The van der Waals surface area contributed by atoms with Crippen LogP contribution in [-0.4, -0.2) is 27.5 Å². The number of ether oxygens (including phenoxy) is 1. The van der Waals surface area contributed by atoms with Crippen LogP contribution in [0.5, 0.6) is 0 Å². The molecule has 0 aliphatic rings. The normalized spacial score (nSPS) is 15.0. The number of carbonyl (C=O) groups is 1. The molecule has 0 radical (unpaired) electrons. The lowest BCUT2D eigenvalue weighted by molar-refractivity contribution is -0.144. The van der Waals surface area contributed by atoms with Gasteiger partial charge in [-0.1, -0.05) is 40.0 Å². The highest BCUT2D eigenvalue weighted by atomic mass is 31.2. The molecule has 0 amide bonds. The molecular weight excluding hydrogens is 267 g/mol. The maximum atomic E-state index is 11.7. The van der Waals surface area contributed by atoms with Gasteiger partial charge >= 0.3 is 13.6 Å². The summed E-state index contributed by atoms with van der Waals surface area (Å²) in [5, 5.41) is -1.26. The van der Waals surface area contributed by atoms with E-state index in [1.54, 1.807) is 6.92 Å². The third kappa shape index (κ3) is 6.07. The minimum atomic E-state index is -4.33. The van der Waals surface area contributed by atoms with E-state index in [9.17, 15) is 19.1 Å². The lowest BCUT2D eigenvalue weighted by atomic mass is 9.94. The van der Waals surface area contributed by atoms with E-state index < -0.39 is 18.7 Å². The monoisotopic (exact) mass is 294 g/mol. The molecule has 0 aliphatic heterocycles. The molecule has 0 rings (SSSR count). The second-order valence-corrected chi connectivity index (χ2v) is 7.01. The summed E-state index contributed by atoms with van der Waals surface area (Å²) in [5.74, 6) is -0.505. The second-order valence-electron chi connectivity index (χ2n) is 4.98. The van der Waals surface area contributed by atoms with Gasteiger partial charge < -0.3 is 14.5 Å². The number of rotatable bonds is 10. The van der Waals surface area contributed by atoms with Gasteiger partial charge in [-0.2, -0.15) is 0 Å². The molecule has 0 saturated carbocycles. The van der Waals surface area contributed by atoms with Crippen LogP contribution in [0.4, 0.5) is 0 Å². The molecule has 0 fully saturated rings. The second kappa shape index (κ2) is 8.72. The van der Waals surface area contributed by atoms with Gasteiger partial charge in [-0.05, 0) is 19.3 Å². The molecule has 0 spiro atoms. The molecule has 0 aromatic carbocycles. The van der Waals surface area contributed by atoms with E-state index in [1.165, 1.54) is 0 Å². The van der Waals surface area contributed by atoms with Crippen molar-refractivity contribution in [2.45, 2.75) is 70.9 Å². The van der Waals surface area contributed by atoms with Gasteiger partial charge in [0.15, 0.2) is 0 Å². The van der Waals surface area contributed by atoms with Crippen molar-refractivity contribution >= 4 is 13.6 Å². The van der Waals surface area contributed by atoms with Gasteiger partial charge in [-0.15, -0.1) is 0 Å². The highest BCUT2D eigenvalue weighted by molar-refractivity contribution is 7.53. The zero-order valence-corrected chi connectivity index (χ0v) is 13.1. The fourth-order valence-corrected chi connectivity index (χ4v) is 3.20. The van der Waals surface area contributed by atoms with Gasteiger partial charge in [0.1, 0.15) is 0 Å². The van der Waals surface area contributed by atoms with Crippen molar-refractivity contribution in [3.63, 3.8) is 0 Å². The van der Waals surface area contributed by atoms with Gasteiger partial charge in [0.05, 0.1) is 18.2 Å². The summed E-state index contributed by atoms with van der Waals surface area (Å²) < 4.78 is 16.8. The molecule has 5 nitrogen and oxygen atoms in total. The zero-order valence-electron chi connectivity index (χ0n) is 12.2. The van der Waals surface area contributed by atoms with Crippen molar-refractivity contribution in [3.8, 4) is 0 Å². The first-order valence-corrected chi connectivity index (χ1v) is 8.65. The van der Waals surface area contributed by atoms with E-state index in [4.69, 9.17) is 4.74 Å². The zero-order chi connectivity index (χ0) is 14.9. The standard InChI is InChI=1S/C13H27O5P/c1-4-7-9-13(6-3,19(15,16)17)11-12(14)18-10-8-5-2/h4-11H2,1-3H3,(H2,15,16,17). The van der Waals surface area contributed by atoms with Crippen LogP contribution in [0.15, 0.2) is 0 Å². The van der Waals surface area contributed by atoms with Gasteiger partial charge in [-0.3, -0.25) is 9.36 Å². The Hall–Kier alpha value is -0.380. The third-order valence-electron chi connectivity index (χ3n) is 3.51. The van der Waals surface area contributed by atoms with Crippen LogP contribution in [0.1, 0.15) is 65.7 Å². The predicted molar refractivity (Wildman–Crippen MR) is 75.1 cm³/mol. The summed E-state index contributed by atoms with van der Waals surface area (Å²) in [6.07, 6.45) is 3.66. The Labute approximate surface area is 115 Å². The molecule has 1 atom stereocenters. The average Bonchev–Trinajstić information content (AvgIpc) is 2.33. The summed E-state index contributed by atoms with van der Waals surface area (Å²) in [7, 11) is -4.33. The first-order valence-electron chi connectivity index (χ1n) is 7.04. The molecule has 1 unspecified atom stereocenters. The van der Waals surface area contributed by atoms with Crippen molar-refractivity contribution in [3.05, 3.63) is 0 Å². The van der Waals surface area contributed by atoms with Gasteiger partial charge in [0.25, 0.3) is 0 Å². The van der Waals surface area contributed by atoms with Crippen LogP contribution in [0.2, 0.25) is 0 Å². The van der Waals surface area contributed by atoms with Crippen LogP contribution < -0.4 is 0 Å². The summed E-state index contributed by atoms with van der Waals surface area (Å²) in [6.45, 7) is 5.98. The molecule has 0 aromatic heterocycles. The fraction of sp³-hybridized carbons (Fsp3) is 0.923. The number of carbonyl (C=O) groups excluding carboxylic acids is 1. The van der Waals surface area contributed by atoms with Crippen molar-refractivity contribution in [1.82, 2.24) is 0 Å². The molecule has 2 N–H and O–H groups in total. The number of esters is 1. The Balaban J connectivity index is 4.74. The largest absolute Gasteiger partial charge is 0.466 e. The summed E-state index contributed by atoms with van der Waals surface area (Å²) in [6, 6.07) is 0. The number of hydrogen-bond acceptors (Lipinski definition) is 3. The van der Waals surface area contributed by atoms with Crippen LogP contribution >= 0.6 is 7.60 Å². The van der Waals surface area contributed by atoms with Crippen molar-refractivity contribution in [2.24, 2.45) is 0 Å². The van der Waals surface area contributed by atoms with Crippen LogP contribution in [0.25, 0.3) is 0 Å². The quantitative estimate of drug-likeness (QED) is 0.367. The molecule has 19 heavy (non-hydrogen) atoms. The van der Waals surface area contributed by atoms with E-state index in [0.29, 0.717) is 19.4 Å². The lowest BCUT2D eigenvalue weighted by Crippen LogP contribution is -2.32. The minimum Gasteiger partial charge on any atom is -0.466 e. The first-order chi connectivity index (χ1) is 8.83. The Kier molecular flexibility index (Phi) is 8.55. The Morgan fingerprint density at radius 2 is 1.74 bits per heavy atom. The molecule has 0 aliphatic carbocycles. The molecule has 0 heterocycles. The molecule has 0 aromatic rings. The fourth-order valence-electron chi connectivity index (χ4n) is 2.00. The molecule has 0 saturated heterocycles. The van der Waals surface area contributed by atoms with Gasteiger partial charge in [0.2, 0.25) is 0 Å². The average molecular weight is 294 g/mol. The van der Waals surface area contributed by atoms with Crippen molar-refractivity contribution in [1.29, 1.82) is 0 Å². The highest BCUT2D eigenvalue weighted by Crippen LogP contribution is 2.57. The van der Waals surface area contributed by atoms with E-state index in [0.717, 1.165) is 19.3 Å². The number of hydrogen-bond donors (Lipinski definition) is 2. The van der Waals surface area contributed by atoms with Crippen LogP contribution in [0, 0.1) is 0 Å². The SMILES string of the molecule is CCCCOC(=O)CC(CC)(CCCC)P(=O)(O)O. The van der Waals surface area contributed by atoms with Crippen LogP contribution in [-0.2, 0) is 14.1 Å².